The van der Waals surface area contributed by atoms with Crippen LogP contribution in [-0.2, 0) is 11.3 Å². The number of aromatic nitrogens is 2. The molecule has 0 aliphatic carbocycles. The maximum absolute atomic E-state index is 12.6. The van der Waals surface area contributed by atoms with E-state index in [2.05, 4.69) is 15.5 Å². The van der Waals surface area contributed by atoms with Crippen LogP contribution < -0.4 is 10.1 Å². The van der Waals surface area contributed by atoms with E-state index >= 15 is 0 Å². The maximum atomic E-state index is 12.6. The summed E-state index contributed by atoms with van der Waals surface area (Å²) in [6.45, 7) is 2.48. The highest BCUT2D eigenvalue weighted by molar-refractivity contribution is 8.02. The molecule has 1 aromatic heterocycles. The highest BCUT2D eigenvalue weighted by atomic mass is 32.2. The van der Waals surface area contributed by atoms with E-state index in [4.69, 9.17) is 4.74 Å². The van der Waals surface area contributed by atoms with Crippen molar-refractivity contribution in [2.45, 2.75) is 23.1 Å². The molecule has 0 radical (unpaired) electrons. The number of carbonyl (C=O) groups excluding carboxylic acids is 1. The van der Waals surface area contributed by atoms with Gasteiger partial charge in [0.1, 0.15) is 5.75 Å². The van der Waals surface area contributed by atoms with Crippen molar-refractivity contribution in [1.29, 1.82) is 0 Å². The number of nitrogens with zero attached hydrogens (tertiary/aromatic N) is 3. The standard InChI is InChI=1S/C20H22N4O2S2/c1-14(18(25)24(2)13-15-7-5-4-6-8-15)27-20-23-22-19(28-20)21-16-9-11-17(26-3)12-10-16/h4-12,14H,13H2,1-3H3,(H,21,22). The summed E-state index contributed by atoms with van der Waals surface area (Å²) in [5.74, 6) is 0.861. The molecule has 0 fully saturated rings. The molecule has 3 rings (SSSR count). The second-order valence-corrected chi connectivity index (χ2v) is 8.73. The van der Waals surface area contributed by atoms with E-state index in [-0.39, 0.29) is 11.2 Å². The lowest BCUT2D eigenvalue weighted by Gasteiger charge is -2.20. The Kier molecular flexibility index (Phi) is 6.89. The zero-order valence-corrected chi connectivity index (χ0v) is 17.6. The topological polar surface area (TPSA) is 67.3 Å². The molecule has 1 amide bonds. The number of hydrogen-bond donors (Lipinski definition) is 1. The van der Waals surface area contributed by atoms with Crippen molar-refractivity contribution in [2.75, 3.05) is 19.5 Å². The highest BCUT2D eigenvalue weighted by Gasteiger charge is 2.20. The zero-order valence-electron chi connectivity index (χ0n) is 16.0. The fraction of sp³-hybridized carbons (Fsp3) is 0.250. The molecule has 146 valence electrons. The number of methoxy groups -OCH3 is 1. The van der Waals surface area contributed by atoms with Crippen LogP contribution in [0.15, 0.2) is 58.9 Å². The molecule has 1 atom stereocenters. The molecule has 28 heavy (non-hydrogen) atoms. The van der Waals surface area contributed by atoms with E-state index in [1.54, 1.807) is 12.0 Å². The van der Waals surface area contributed by atoms with Crippen LogP contribution >= 0.6 is 23.1 Å². The van der Waals surface area contributed by atoms with Crippen LogP contribution in [0.25, 0.3) is 0 Å². The minimum Gasteiger partial charge on any atom is -0.497 e. The first kappa shape index (κ1) is 20.2. The molecule has 0 saturated carbocycles. The van der Waals surface area contributed by atoms with Gasteiger partial charge in [-0.1, -0.05) is 53.4 Å². The highest BCUT2D eigenvalue weighted by Crippen LogP contribution is 2.31. The van der Waals surface area contributed by atoms with Crippen LogP contribution in [0.4, 0.5) is 10.8 Å². The van der Waals surface area contributed by atoms with Gasteiger partial charge in [-0.25, -0.2) is 0 Å². The largest absolute Gasteiger partial charge is 0.497 e. The predicted octanol–water partition coefficient (Wildman–Crippen LogP) is 4.43. The number of hydrogen-bond acceptors (Lipinski definition) is 7. The second kappa shape index (κ2) is 9.57. The smallest absolute Gasteiger partial charge is 0.235 e. The van der Waals surface area contributed by atoms with Gasteiger partial charge >= 0.3 is 0 Å². The Morgan fingerprint density at radius 1 is 1.18 bits per heavy atom. The molecule has 8 heteroatoms. The van der Waals surface area contributed by atoms with Crippen LogP contribution in [0.5, 0.6) is 5.75 Å². The maximum Gasteiger partial charge on any atom is 0.235 e. The quantitative estimate of drug-likeness (QED) is 0.550. The van der Waals surface area contributed by atoms with Crippen LogP contribution in [0, 0.1) is 0 Å². The van der Waals surface area contributed by atoms with E-state index in [0.29, 0.717) is 11.7 Å². The molecule has 1 heterocycles. The van der Waals surface area contributed by atoms with Gasteiger partial charge < -0.3 is 15.0 Å². The third-order valence-corrected chi connectivity index (χ3v) is 6.02. The molecule has 0 aliphatic rings. The van der Waals surface area contributed by atoms with Gasteiger partial charge in [0.15, 0.2) is 4.34 Å². The van der Waals surface area contributed by atoms with Crippen LogP contribution in [0.1, 0.15) is 12.5 Å². The first-order chi connectivity index (χ1) is 13.5. The third-order valence-electron chi connectivity index (χ3n) is 4.01. The molecule has 0 spiro atoms. The Morgan fingerprint density at radius 2 is 1.89 bits per heavy atom. The number of rotatable bonds is 8. The van der Waals surface area contributed by atoms with E-state index in [1.807, 2.05) is 68.6 Å². The number of anilines is 2. The van der Waals surface area contributed by atoms with Gasteiger partial charge in [-0.15, -0.1) is 10.2 Å². The Bertz CT molecular complexity index is 900. The van der Waals surface area contributed by atoms with Crippen LogP contribution in [-0.4, -0.2) is 40.4 Å². The molecule has 6 nitrogen and oxygen atoms in total. The van der Waals surface area contributed by atoms with E-state index in [0.717, 1.165) is 21.3 Å². The lowest BCUT2D eigenvalue weighted by Crippen LogP contribution is -2.32. The van der Waals surface area contributed by atoms with Crippen molar-refractivity contribution in [3.8, 4) is 5.75 Å². The minimum atomic E-state index is -0.240. The fourth-order valence-electron chi connectivity index (χ4n) is 2.55. The average Bonchev–Trinajstić information content (AvgIpc) is 3.15. The van der Waals surface area contributed by atoms with Crippen molar-refractivity contribution >= 4 is 39.8 Å². The summed E-state index contributed by atoms with van der Waals surface area (Å²) in [4.78, 5) is 14.4. The SMILES string of the molecule is COc1ccc(Nc2nnc(SC(C)C(=O)N(C)Cc3ccccc3)s2)cc1. The first-order valence-electron chi connectivity index (χ1n) is 8.75. The first-order valence-corrected chi connectivity index (χ1v) is 10.4. The van der Waals surface area contributed by atoms with Gasteiger partial charge in [-0.05, 0) is 36.8 Å². The molecular weight excluding hydrogens is 392 g/mol. The number of thioether (sulfide) groups is 1. The number of carbonyl (C=O) groups is 1. The molecule has 0 saturated heterocycles. The Hall–Kier alpha value is -2.58. The van der Waals surface area contributed by atoms with Crippen molar-refractivity contribution in [2.24, 2.45) is 0 Å². The molecule has 2 aromatic carbocycles. The van der Waals surface area contributed by atoms with Gasteiger partial charge in [0.2, 0.25) is 11.0 Å². The van der Waals surface area contributed by atoms with Gasteiger partial charge in [0.25, 0.3) is 0 Å². The average molecular weight is 415 g/mol. The zero-order chi connectivity index (χ0) is 19.9. The summed E-state index contributed by atoms with van der Waals surface area (Å²) in [5.41, 5.74) is 2.01. The monoisotopic (exact) mass is 414 g/mol. The number of benzene rings is 2. The van der Waals surface area contributed by atoms with Gasteiger partial charge in [-0.2, -0.15) is 0 Å². The van der Waals surface area contributed by atoms with Crippen LogP contribution in [0.3, 0.4) is 0 Å². The summed E-state index contributed by atoms with van der Waals surface area (Å²) in [5, 5.41) is 12.0. The third kappa shape index (κ3) is 5.46. The lowest BCUT2D eigenvalue weighted by atomic mass is 10.2. The lowest BCUT2D eigenvalue weighted by molar-refractivity contribution is -0.129. The van der Waals surface area contributed by atoms with E-state index < -0.39 is 0 Å². The normalized spacial score (nSPS) is 11.7. The molecule has 0 aliphatic heterocycles. The number of amides is 1. The Morgan fingerprint density at radius 3 is 2.57 bits per heavy atom. The van der Waals surface area contributed by atoms with Crippen molar-refractivity contribution in [3.05, 3.63) is 60.2 Å². The fourth-order valence-corrected chi connectivity index (χ4v) is 4.58. The summed E-state index contributed by atoms with van der Waals surface area (Å²) in [6, 6.07) is 17.5. The van der Waals surface area contributed by atoms with Crippen molar-refractivity contribution in [1.82, 2.24) is 15.1 Å². The molecule has 1 N–H and O–H groups in total. The molecular formula is C20H22N4O2S2. The molecule has 3 aromatic rings. The van der Waals surface area contributed by atoms with Gasteiger partial charge in [0.05, 0.1) is 12.4 Å². The molecule has 1 unspecified atom stereocenters. The number of ether oxygens (including phenoxy) is 1. The van der Waals surface area contributed by atoms with Crippen molar-refractivity contribution < 1.29 is 9.53 Å². The van der Waals surface area contributed by atoms with Crippen LogP contribution in [0.2, 0.25) is 0 Å². The summed E-state index contributed by atoms with van der Waals surface area (Å²) >= 11 is 2.85. The Balaban J connectivity index is 1.55. The minimum absolute atomic E-state index is 0.0636. The Labute approximate surface area is 172 Å². The summed E-state index contributed by atoms with van der Waals surface area (Å²) in [6.07, 6.45) is 0. The summed E-state index contributed by atoms with van der Waals surface area (Å²) < 4.78 is 5.91. The second-order valence-electron chi connectivity index (χ2n) is 6.17. The molecule has 0 bridgehead atoms. The predicted molar refractivity (Wildman–Crippen MR) is 114 cm³/mol. The van der Waals surface area contributed by atoms with E-state index in [9.17, 15) is 4.79 Å². The van der Waals surface area contributed by atoms with Gasteiger partial charge in [0, 0.05) is 19.3 Å². The van der Waals surface area contributed by atoms with Gasteiger partial charge in [-0.3, -0.25) is 4.79 Å². The van der Waals surface area contributed by atoms with Crippen molar-refractivity contribution in [3.63, 3.8) is 0 Å². The summed E-state index contributed by atoms with van der Waals surface area (Å²) in [7, 11) is 3.46. The number of nitrogens with one attached hydrogen (secondary N) is 1. The van der Waals surface area contributed by atoms with E-state index in [1.165, 1.54) is 23.1 Å².